The molecule has 3 heteroatoms. The summed E-state index contributed by atoms with van der Waals surface area (Å²) in [5, 5.41) is 1.11. The number of aromatic nitrogens is 2. The van der Waals surface area contributed by atoms with Gasteiger partial charge in [-0.15, -0.1) is 0 Å². The Morgan fingerprint density at radius 2 is 1.55 bits per heavy atom. The highest BCUT2D eigenvalue weighted by molar-refractivity contribution is 5.82. The number of fused-ring (bicyclic) bond motifs is 1. The number of nitrogens with zero attached hydrogens (tertiary/aromatic N) is 1. The number of hydrogen-bond donors (Lipinski definition) is 1. The van der Waals surface area contributed by atoms with Crippen LogP contribution in [0.2, 0.25) is 0 Å². The molecule has 0 unspecified atom stereocenters. The van der Waals surface area contributed by atoms with Crippen LogP contribution in [0, 0.1) is 0 Å². The van der Waals surface area contributed by atoms with E-state index < -0.39 is 0 Å². The van der Waals surface area contributed by atoms with Crippen LogP contribution in [0.3, 0.4) is 0 Å². The number of hydrogen-bond acceptors (Lipinski definition) is 2. The van der Waals surface area contributed by atoms with E-state index in [-0.39, 0.29) is 0 Å². The topological polar surface area (TPSA) is 37.9 Å². The summed E-state index contributed by atoms with van der Waals surface area (Å²) in [5.74, 6) is 1.66. The average molecular weight is 286 g/mol. The highest BCUT2D eigenvalue weighted by atomic mass is 16.5. The molecule has 4 rings (SSSR count). The highest BCUT2D eigenvalue weighted by Crippen LogP contribution is 2.27. The maximum atomic E-state index is 5.81. The van der Waals surface area contributed by atoms with Gasteiger partial charge in [0.15, 0.2) is 0 Å². The molecule has 4 aromatic rings. The molecule has 2 aromatic carbocycles. The molecule has 106 valence electrons. The molecule has 0 fully saturated rings. The maximum Gasteiger partial charge on any atom is 0.137 e. The summed E-state index contributed by atoms with van der Waals surface area (Å²) in [4.78, 5) is 7.65. The molecule has 22 heavy (non-hydrogen) atoms. The minimum Gasteiger partial charge on any atom is -0.457 e. The van der Waals surface area contributed by atoms with Crippen molar-refractivity contribution in [3.8, 4) is 22.8 Å². The van der Waals surface area contributed by atoms with Crippen molar-refractivity contribution in [3.05, 3.63) is 79.0 Å². The summed E-state index contributed by atoms with van der Waals surface area (Å²) in [6.07, 6.45) is 1.79. The van der Waals surface area contributed by atoms with Crippen molar-refractivity contribution in [1.82, 2.24) is 9.97 Å². The second kappa shape index (κ2) is 5.37. The van der Waals surface area contributed by atoms with E-state index in [1.54, 1.807) is 6.20 Å². The third kappa shape index (κ3) is 2.44. The Labute approximate surface area is 128 Å². The lowest BCUT2D eigenvalue weighted by atomic mass is 10.1. The van der Waals surface area contributed by atoms with Gasteiger partial charge in [0.1, 0.15) is 17.1 Å². The fourth-order valence-electron chi connectivity index (χ4n) is 2.44. The molecule has 2 heterocycles. The summed E-state index contributed by atoms with van der Waals surface area (Å²) < 4.78 is 5.81. The molecule has 3 nitrogen and oxygen atoms in total. The van der Waals surface area contributed by atoms with Gasteiger partial charge in [0.05, 0.1) is 0 Å². The Kier molecular flexibility index (Phi) is 3.09. The summed E-state index contributed by atoms with van der Waals surface area (Å²) >= 11 is 0. The van der Waals surface area contributed by atoms with E-state index in [9.17, 15) is 0 Å². The molecule has 0 amide bonds. The van der Waals surface area contributed by atoms with Crippen LogP contribution >= 0.6 is 0 Å². The third-order valence-corrected chi connectivity index (χ3v) is 3.54. The second-order valence-electron chi connectivity index (χ2n) is 5.06. The Bertz CT molecular complexity index is 863. The summed E-state index contributed by atoms with van der Waals surface area (Å²) in [7, 11) is 0. The van der Waals surface area contributed by atoms with E-state index in [2.05, 4.69) is 22.1 Å². The van der Waals surface area contributed by atoms with Crippen molar-refractivity contribution in [3.63, 3.8) is 0 Å². The second-order valence-corrected chi connectivity index (χ2v) is 5.06. The number of nitrogens with one attached hydrogen (secondary N) is 1. The van der Waals surface area contributed by atoms with Crippen LogP contribution in [0.1, 0.15) is 0 Å². The minimum atomic E-state index is 0.823. The zero-order chi connectivity index (χ0) is 14.8. The molecule has 0 aliphatic rings. The van der Waals surface area contributed by atoms with Crippen LogP contribution in [0.15, 0.2) is 79.0 Å². The van der Waals surface area contributed by atoms with Gasteiger partial charge in [-0.25, -0.2) is 4.98 Å². The zero-order valence-electron chi connectivity index (χ0n) is 11.9. The first-order valence-corrected chi connectivity index (χ1v) is 7.15. The smallest absolute Gasteiger partial charge is 0.137 e. The molecule has 1 N–H and O–H groups in total. The van der Waals surface area contributed by atoms with Crippen molar-refractivity contribution in [2.75, 3.05) is 0 Å². The SMILES string of the molecule is c1ccc(Oc2ccc(-c3cc4cccnc4[nH]3)cc2)cc1. The summed E-state index contributed by atoms with van der Waals surface area (Å²) in [6, 6.07) is 23.9. The van der Waals surface area contributed by atoms with Gasteiger partial charge >= 0.3 is 0 Å². The lowest BCUT2D eigenvalue weighted by Gasteiger charge is -2.06. The molecule has 0 spiro atoms. The van der Waals surface area contributed by atoms with Crippen molar-refractivity contribution in [2.45, 2.75) is 0 Å². The van der Waals surface area contributed by atoms with Gasteiger partial charge in [0, 0.05) is 17.3 Å². The number of rotatable bonds is 3. The van der Waals surface area contributed by atoms with Gasteiger partial charge in [-0.3, -0.25) is 0 Å². The van der Waals surface area contributed by atoms with Crippen molar-refractivity contribution < 1.29 is 4.74 Å². The molecule has 0 aliphatic heterocycles. The Hall–Kier alpha value is -3.07. The fourth-order valence-corrected chi connectivity index (χ4v) is 2.44. The summed E-state index contributed by atoms with van der Waals surface area (Å²) in [6.45, 7) is 0. The molecular weight excluding hydrogens is 272 g/mol. The summed E-state index contributed by atoms with van der Waals surface area (Å²) in [5.41, 5.74) is 3.07. The molecule has 0 radical (unpaired) electrons. The van der Waals surface area contributed by atoms with Crippen molar-refractivity contribution in [2.24, 2.45) is 0 Å². The number of aromatic amines is 1. The first-order valence-electron chi connectivity index (χ1n) is 7.15. The first kappa shape index (κ1) is 12.7. The Morgan fingerprint density at radius 1 is 0.773 bits per heavy atom. The van der Waals surface area contributed by atoms with Crippen LogP contribution in [-0.4, -0.2) is 9.97 Å². The normalized spacial score (nSPS) is 10.7. The van der Waals surface area contributed by atoms with E-state index >= 15 is 0 Å². The van der Waals surface area contributed by atoms with Crippen LogP contribution in [-0.2, 0) is 0 Å². The molecule has 0 bridgehead atoms. The number of H-pyrrole nitrogens is 1. The van der Waals surface area contributed by atoms with E-state index in [0.717, 1.165) is 33.8 Å². The maximum absolute atomic E-state index is 5.81. The Morgan fingerprint density at radius 3 is 2.32 bits per heavy atom. The van der Waals surface area contributed by atoms with Crippen LogP contribution in [0.4, 0.5) is 0 Å². The lowest BCUT2D eigenvalue weighted by molar-refractivity contribution is 0.483. The predicted octanol–water partition coefficient (Wildman–Crippen LogP) is 5.02. The van der Waals surface area contributed by atoms with Crippen molar-refractivity contribution in [1.29, 1.82) is 0 Å². The molecule has 0 saturated carbocycles. The fraction of sp³-hybridized carbons (Fsp3) is 0. The van der Waals surface area contributed by atoms with Gasteiger partial charge < -0.3 is 9.72 Å². The van der Waals surface area contributed by atoms with E-state index in [4.69, 9.17) is 4.74 Å². The zero-order valence-corrected chi connectivity index (χ0v) is 11.9. The van der Waals surface area contributed by atoms with Gasteiger partial charge in [-0.05, 0) is 60.2 Å². The Balaban J connectivity index is 1.61. The van der Waals surface area contributed by atoms with Crippen LogP contribution in [0.25, 0.3) is 22.3 Å². The lowest BCUT2D eigenvalue weighted by Crippen LogP contribution is -1.84. The monoisotopic (exact) mass is 286 g/mol. The van der Waals surface area contributed by atoms with Gasteiger partial charge in [-0.1, -0.05) is 18.2 Å². The predicted molar refractivity (Wildman–Crippen MR) is 88.0 cm³/mol. The average Bonchev–Trinajstić information content (AvgIpc) is 3.00. The van der Waals surface area contributed by atoms with E-state index in [1.807, 2.05) is 60.7 Å². The molecular formula is C19H14N2O. The number of ether oxygens (including phenoxy) is 1. The van der Waals surface area contributed by atoms with Crippen LogP contribution in [0.5, 0.6) is 11.5 Å². The largest absolute Gasteiger partial charge is 0.457 e. The molecule has 0 saturated heterocycles. The van der Waals surface area contributed by atoms with Crippen molar-refractivity contribution >= 4 is 11.0 Å². The quantitative estimate of drug-likeness (QED) is 0.574. The van der Waals surface area contributed by atoms with Gasteiger partial charge in [0.25, 0.3) is 0 Å². The third-order valence-electron chi connectivity index (χ3n) is 3.54. The van der Waals surface area contributed by atoms with E-state index in [0.29, 0.717) is 0 Å². The number of para-hydroxylation sites is 1. The highest BCUT2D eigenvalue weighted by Gasteiger charge is 2.04. The van der Waals surface area contributed by atoms with Gasteiger partial charge in [-0.2, -0.15) is 0 Å². The van der Waals surface area contributed by atoms with Crippen LogP contribution < -0.4 is 4.74 Å². The minimum absolute atomic E-state index is 0.823. The van der Waals surface area contributed by atoms with Gasteiger partial charge in [0.2, 0.25) is 0 Å². The number of pyridine rings is 1. The standard InChI is InChI=1S/C19H14N2O/c1-2-6-16(7-3-1)22-17-10-8-14(9-11-17)18-13-15-5-4-12-20-19(15)21-18/h1-13H,(H,20,21). The molecule has 0 aliphatic carbocycles. The molecule has 2 aromatic heterocycles. The first-order chi connectivity index (χ1) is 10.9. The number of benzene rings is 2. The van der Waals surface area contributed by atoms with E-state index in [1.165, 1.54) is 0 Å². The molecule has 0 atom stereocenters.